The van der Waals surface area contributed by atoms with Gasteiger partial charge in [0.15, 0.2) is 0 Å². The summed E-state index contributed by atoms with van der Waals surface area (Å²) in [6.45, 7) is 15.2. The zero-order chi connectivity index (χ0) is 29.1. The van der Waals surface area contributed by atoms with Crippen molar-refractivity contribution in [3.8, 4) is 22.6 Å². The summed E-state index contributed by atoms with van der Waals surface area (Å²) in [5, 5.41) is 0. The van der Waals surface area contributed by atoms with Crippen LogP contribution in [0.3, 0.4) is 0 Å². The standard InChI is InChI=1S/C30H33NO8/c1-19(2)28(33)37-16-14-31(15-17-38-29(34)20(3)4)27(32)25-13-10-23(18-26(25)36-7)22-8-11-24(12-9-22)39-30(35)21(5)6/h8-13,18H,1,3,5,14-17H2,2,4,6-7H3. The number of ether oxygens (including phenoxy) is 4. The number of benzene rings is 2. The minimum atomic E-state index is -0.571. The third-order valence-electron chi connectivity index (χ3n) is 5.35. The number of hydrogen-bond donors (Lipinski definition) is 0. The van der Waals surface area contributed by atoms with Crippen molar-refractivity contribution in [2.24, 2.45) is 0 Å². The van der Waals surface area contributed by atoms with Gasteiger partial charge in [0.25, 0.3) is 5.91 Å². The maximum Gasteiger partial charge on any atom is 0.338 e. The monoisotopic (exact) mass is 535 g/mol. The van der Waals surface area contributed by atoms with Crippen molar-refractivity contribution >= 4 is 23.8 Å². The van der Waals surface area contributed by atoms with Gasteiger partial charge in [0, 0.05) is 16.7 Å². The van der Waals surface area contributed by atoms with Crippen molar-refractivity contribution < 1.29 is 38.1 Å². The zero-order valence-corrected chi connectivity index (χ0v) is 22.7. The topological polar surface area (TPSA) is 108 Å². The lowest BCUT2D eigenvalue weighted by atomic mass is 10.0. The number of esters is 3. The SMILES string of the molecule is C=C(C)C(=O)OCCN(CCOC(=O)C(=C)C)C(=O)c1ccc(-c2ccc(OC(=O)C(=C)C)cc2)cc1OC. The van der Waals surface area contributed by atoms with E-state index in [0.717, 1.165) is 11.1 Å². The van der Waals surface area contributed by atoms with E-state index in [9.17, 15) is 19.2 Å². The molecule has 0 unspecified atom stereocenters. The smallest absolute Gasteiger partial charge is 0.338 e. The van der Waals surface area contributed by atoms with Crippen molar-refractivity contribution in [1.82, 2.24) is 4.90 Å². The average molecular weight is 536 g/mol. The van der Waals surface area contributed by atoms with Crippen LogP contribution in [0, 0.1) is 0 Å². The molecule has 0 saturated carbocycles. The van der Waals surface area contributed by atoms with Crippen LogP contribution < -0.4 is 9.47 Å². The first-order chi connectivity index (χ1) is 18.4. The first kappa shape index (κ1) is 30.6. The number of carbonyl (C=O) groups is 4. The first-order valence-corrected chi connectivity index (χ1v) is 12.0. The summed E-state index contributed by atoms with van der Waals surface area (Å²) < 4.78 is 21.0. The minimum absolute atomic E-state index is 0.0533. The summed E-state index contributed by atoms with van der Waals surface area (Å²) in [4.78, 5) is 50.1. The molecule has 0 spiro atoms. The Labute approximate surface area is 228 Å². The third-order valence-corrected chi connectivity index (χ3v) is 5.35. The second-order valence-corrected chi connectivity index (χ2v) is 8.73. The summed E-state index contributed by atoms with van der Waals surface area (Å²) in [6.07, 6.45) is 0. The Hall–Kier alpha value is -4.66. The highest BCUT2D eigenvalue weighted by Crippen LogP contribution is 2.29. The molecule has 0 aromatic heterocycles. The van der Waals surface area contributed by atoms with E-state index in [4.69, 9.17) is 18.9 Å². The highest BCUT2D eigenvalue weighted by molar-refractivity contribution is 5.98. The van der Waals surface area contributed by atoms with Crippen LogP contribution in [0.25, 0.3) is 11.1 Å². The van der Waals surface area contributed by atoms with Crippen LogP contribution in [0.1, 0.15) is 31.1 Å². The lowest BCUT2D eigenvalue weighted by Crippen LogP contribution is -2.37. The van der Waals surface area contributed by atoms with Crippen molar-refractivity contribution in [1.29, 1.82) is 0 Å². The van der Waals surface area contributed by atoms with E-state index in [1.807, 2.05) is 0 Å². The van der Waals surface area contributed by atoms with Gasteiger partial charge < -0.3 is 23.8 Å². The molecule has 0 radical (unpaired) electrons. The molecular formula is C30H33NO8. The second kappa shape index (κ2) is 14.3. The Kier molecular flexibility index (Phi) is 11.2. The van der Waals surface area contributed by atoms with Gasteiger partial charge >= 0.3 is 17.9 Å². The molecule has 2 aromatic carbocycles. The largest absolute Gasteiger partial charge is 0.496 e. The highest BCUT2D eigenvalue weighted by Gasteiger charge is 2.21. The Morgan fingerprint density at radius 3 is 1.67 bits per heavy atom. The molecule has 1 amide bonds. The molecule has 9 nitrogen and oxygen atoms in total. The van der Waals surface area contributed by atoms with Gasteiger partial charge in [0.05, 0.1) is 25.8 Å². The van der Waals surface area contributed by atoms with E-state index < -0.39 is 23.8 Å². The Balaban J connectivity index is 2.24. The summed E-state index contributed by atoms with van der Waals surface area (Å²) in [7, 11) is 1.45. The molecule has 9 heteroatoms. The number of carbonyl (C=O) groups excluding carboxylic acids is 4. The summed E-state index contributed by atoms with van der Waals surface area (Å²) >= 11 is 0. The fraction of sp³-hybridized carbons (Fsp3) is 0.267. The Bertz CT molecular complexity index is 1240. The van der Waals surface area contributed by atoms with Crippen LogP contribution in [-0.4, -0.2) is 62.1 Å². The van der Waals surface area contributed by atoms with Gasteiger partial charge in [0.1, 0.15) is 24.7 Å². The second-order valence-electron chi connectivity index (χ2n) is 8.73. The molecule has 0 bridgehead atoms. The van der Waals surface area contributed by atoms with E-state index in [-0.39, 0.29) is 43.0 Å². The molecule has 0 heterocycles. The number of amides is 1. The van der Waals surface area contributed by atoms with Gasteiger partial charge in [0.2, 0.25) is 0 Å². The lowest BCUT2D eigenvalue weighted by Gasteiger charge is -2.24. The van der Waals surface area contributed by atoms with Crippen molar-refractivity contribution in [3.05, 3.63) is 84.5 Å². The highest BCUT2D eigenvalue weighted by atomic mass is 16.5. The maximum atomic E-state index is 13.5. The van der Waals surface area contributed by atoms with Crippen molar-refractivity contribution in [2.75, 3.05) is 33.4 Å². The van der Waals surface area contributed by atoms with Crippen LogP contribution in [0.4, 0.5) is 0 Å². The first-order valence-electron chi connectivity index (χ1n) is 12.0. The quantitative estimate of drug-likeness (QED) is 0.209. The van der Waals surface area contributed by atoms with Gasteiger partial charge in [-0.05, 0) is 56.2 Å². The van der Waals surface area contributed by atoms with Crippen molar-refractivity contribution in [2.45, 2.75) is 20.8 Å². The van der Waals surface area contributed by atoms with Crippen LogP contribution in [0.5, 0.6) is 11.5 Å². The lowest BCUT2D eigenvalue weighted by molar-refractivity contribution is -0.139. The molecule has 206 valence electrons. The molecule has 0 aliphatic heterocycles. The Morgan fingerprint density at radius 2 is 1.21 bits per heavy atom. The summed E-state index contributed by atoms with van der Waals surface area (Å²) in [6, 6.07) is 11.9. The van der Waals surface area contributed by atoms with E-state index in [1.165, 1.54) is 25.9 Å². The Morgan fingerprint density at radius 1 is 0.718 bits per heavy atom. The average Bonchev–Trinajstić information content (AvgIpc) is 2.91. The zero-order valence-electron chi connectivity index (χ0n) is 22.7. The van der Waals surface area contributed by atoms with Crippen LogP contribution in [0.15, 0.2) is 78.9 Å². The predicted molar refractivity (Wildman–Crippen MR) is 146 cm³/mol. The molecule has 0 atom stereocenters. The van der Waals surface area contributed by atoms with Gasteiger partial charge in [-0.15, -0.1) is 0 Å². The van der Waals surface area contributed by atoms with Crippen LogP contribution >= 0.6 is 0 Å². The number of hydrogen-bond acceptors (Lipinski definition) is 8. The van der Waals surface area contributed by atoms with Crippen LogP contribution in [0.2, 0.25) is 0 Å². The third kappa shape index (κ3) is 8.99. The van der Waals surface area contributed by atoms with Gasteiger partial charge in [-0.1, -0.05) is 37.9 Å². The number of methoxy groups -OCH3 is 1. The van der Waals surface area contributed by atoms with Gasteiger partial charge in [-0.25, -0.2) is 14.4 Å². The summed E-state index contributed by atoms with van der Waals surface area (Å²) in [5.74, 6) is -1.37. The molecule has 2 rings (SSSR count). The molecule has 39 heavy (non-hydrogen) atoms. The fourth-order valence-electron chi connectivity index (χ4n) is 3.19. The maximum absolute atomic E-state index is 13.5. The fourth-order valence-corrected chi connectivity index (χ4v) is 3.19. The van der Waals surface area contributed by atoms with Gasteiger partial charge in [-0.3, -0.25) is 4.79 Å². The number of nitrogens with zero attached hydrogens (tertiary/aromatic N) is 1. The molecule has 2 aromatic rings. The number of rotatable bonds is 13. The summed E-state index contributed by atoms with van der Waals surface area (Å²) in [5.41, 5.74) is 2.60. The molecule has 0 saturated heterocycles. The molecular weight excluding hydrogens is 502 g/mol. The molecule has 0 N–H and O–H groups in total. The van der Waals surface area contributed by atoms with Gasteiger partial charge in [-0.2, -0.15) is 0 Å². The normalized spacial score (nSPS) is 10.2. The molecule has 0 fully saturated rings. The van der Waals surface area contributed by atoms with E-state index >= 15 is 0 Å². The van der Waals surface area contributed by atoms with Crippen molar-refractivity contribution in [3.63, 3.8) is 0 Å². The molecule has 0 aliphatic rings. The minimum Gasteiger partial charge on any atom is -0.496 e. The van der Waals surface area contributed by atoms with E-state index in [1.54, 1.807) is 49.4 Å². The van der Waals surface area contributed by atoms with E-state index in [2.05, 4.69) is 19.7 Å². The molecule has 0 aliphatic carbocycles. The van der Waals surface area contributed by atoms with E-state index in [0.29, 0.717) is 17.1 Å². The predicted octanol–water partition coefficient (Wildman–Crippen LogP) is 4.52. The van der Waals surface area contributed by atoms with Crippen LogP contribution in [-0.2, 0) is 23.9 Å².